The summed E-state index contributed by atoms with van der Waals surface area (Å²) in [7, 11) is 0. The second kappa shape index (κ2) is 7.10. The predicted molar refractivity (Wildman–Crippen MR) is 79.3 cm³/mol. The van der Waals surface area contributed by atoms with Crippen LogP contribution in [0.2, 0.25) is 0 Å². The van der Waals surface area contributed by atoms with Crippen LogP contribution in [0.15, 0.2) is 30.3 Å². The predicted octanol–water partition coefficient (Wildman–Crippen LogP) is 3.65. The molecule has 0 unspecified atom stereocenters. The topological polar surface area (TPSA) is 48.1 Å². The van der Waals surface area contributed by atoms with Crippen molar-refractivity contribution in [3.05, 3.63) is 36.0 Å². The molecule has 1 aromatic heterocycles. The van der Waals surface area contributed by atoms with Crippen LogP contribution in [0.4, 0.5) is 0 Å². The van der Waals surface area contributed by atoms with E-state index in [1.165, 1.54) is 19.3 Å². The number of aromatic nitrogens is 1. The van der Waals surface area contributed by atoms with Crippen molar-refractivity contribution in [3.8, 4) is 5.75 Å². The highest BCUT2D eigenvalue weighted by molar-refractivity contribution is 5.85. The minimum Gasteiger partial charge on any atom is -0.493 e. The minimum absolute atomic E-state index is 0.441. The number of unbranched alkanes of at least 4 members (excludes halogenated alkanes) is 3. The van der Waals surface area contributed by atoms with Gasteiger partial charge in [0.05, 0.1) is 17.8 Å². The van der Waals surface area contributed by atoms with Crippen LogP contribution in [0.25, 0.3) is 10.9 Å². The van der Waals surface area contributed by atoms with Gasteiger partial charge < -0.3 is 10.5 Å². The Morgan fingerprint density at radius 1 is 1.16 bits per heavy atom. The standard InChI is InChI=1S/C16H22N2O/c1-2-3-4-7-10-19-16-11-13(12-17)18-15-9-6-5-8-14(15)16/h5-6,8-9,11H,2-4,7,10,12,17H2,1H3. The van der Waals surface area contributed by atoms with Gasteiger partial charge in [0.2, 0.25) is 0 Å². The van der Waals surface area contributed by atoms with Crippen molar-refractivity contribution in [2.24, 2.45) is 5.73 Å². The van der Waals surface area contributed by atoms with E-state index in [4.69, 9.17) is 10.5 Å². The number of rotatable bonds is 7. The van der Waals surface area contributed by atoms with Gasteiger partial charge in [0.25, 0.3) is 0 Å². The van der Waals surface area contributed by atoms with E-state index in [0.29, 0.717) is 6.54 Å². The molecule has 0 aliphatic heterocycles. The fourth-order valence-corrected chi connectivity index (χ4v) is 2.13. The lowest BCUT2D eigenvalue weighted by atomic mass is 10.1. The van der Waals surface area contributed by atoms with Gasteiger partial charge in [0.1, 0.15) is 5.75 Å². The molecular weight excluding hydrogens is 236 g/mol. The number of ether oxygens (including phenoxy) is 1. The highest BCUT2D eigenvalue weighted by Crippen LogP contribution is 2.25. The van der Waals surface area contributed by atoms with Crippen molar-refractivity contribution in [1.82, 2.24) is 4.98 Å². The summed E-state index contributed by atoms with van der Waals surface area (Å²) < 4.78 is 5.91. The van der Waals surface area contributed by atoms with Gasteiger partial charge in [-0.25, -0.2) is 0 Å². The number of hydrogen-bond acceptors (Lipinski definition) is 3. The molecule has 2 aromatic rings. The lowest BCUT2D eigenvalue weighted by Gasteiger charge is -2.10. The zero-order valence-electron chi connectivity index (χ0n) is 11.6. The molecule has 1 heterocycles. The summed E-state index contributed by atoms with van der Waals surface area (Å²) in [4.78, 5) is 4.51. The molecule has 0 saturated heterocycles. The number of nitrogens with zero attached hydrogens (tertiary/aromatic N) is 1. The van der Waals surface area contributed by atoms with Crippen LogP contribution in [-0.2, 0) is 6.54 Å². The van der Waals surface area contributed by atoms with E-state index in [9.17, 15) is 0 Å². The third kappa shape index (κ3) is 3.67. The molecule has 2 rings (SSSR count). The van der Waals surface area contributed by atoms with E-state index >= 15 is 0 Å². The normalized spacial score (nSPS) is 10.8. The summed E-state index contributed by atoms with van der Waals surface area (Å²) in [5.74, 6) is 0.905. The molecule has 0 saturated carbocycles. The van der Waals surface area contributed by atoms with Gasteiger partial charge in [-0.1, -0.05) is 38.3 Å². The lowest BCUT2D eigenvalue weighted by molar-refractivity contribution is 0.308. The summed E-state index contributed by atoms with van der Waals surface area (Å²) in [6, 6.07) is 10.0. The second-order valence-electron chi connectivity index (χ2n) is 4.74. The van der Waals surface area contributed by atoms with Crippen LogP contribution >= 0.6 is 0 Å². The average molecular weight is 258 g/mol. The Morgan fingerprint density at radius 2 is 2.00 bits per heavy atom. The van der Waals surface area contributed by atoms with Crippen LogP contribution in [-0.4, -0.2) is 11.6 Å². The van der Waals surface area contributed by atoms with E-state index in [1.54, 1.807) is 0 Å². The van der Waals surface area contributed by atoms with Crippen molar-refractivity contribution in [2.45, 2.75) is 39.2 Å². The van der Waals surface area contributed by atoms with Crippen LogP contribution in [0.5, 0.6) is 5.75 Å². The summed E-state index contributed by atoms with van der Waals surface area (Å²) >= 11 is 0. The molecule has 0 aliphatic rings. The Bertz CT molecular complexity index is 525. The molecule has 0 fully saturated rings. The van der Waals surface area contributed by atoms with Crippen molar-refractivity contribution in [3.63, 3.8) is 0 Å². The molecule has 3 nitrogen and oxygen atoms in total. The molecule has 3 heteroatoms. The summed E-state index contributed by atoms with van der Waals surface area (Å²) in [6.07, 6.45) is 4.84. The van der Waals surface area contributed by atoms with E-state index in [1.807, 2.05) is 30.3 Å². The molecule has 0 atom stereocenters. The van der Waals surface area contributed by atoms with Crippen LogP contribution in [0, 0.1) is 0 Å². The number of benzene rings is 1. The number of nitrogens with two attached hydrogens (primary N) is 1. The van der Waals surface area contributed by atoms with Crippen molar-refractivity contribution in [2.75, 3.05) is 6.61 Å². The molecule has 0 aliphatic carbocycles. The Hall–Kier alpha value is -1.61. The first kappa shape index (κ1) is 13.8. The van der Waals surface area contributed by atoms with E-state index in [-0.39, 0.29) is 0 Å². The average Bonchev–Trinajstić information content (AvgIpc) is 2.46. The highest BCUT2D eigenvalue weighted by atomic mass is 16.5. The first-order valence-corrected chi connectivity index (χ1v) is 7.06. The molecule has 102 valence electrons. The quantitative estimate of drug-likeness (QED) is 0.771. The first-order valence-electron chi connectivity index (χ1n) is 7.06. The molecule has 1 aromatic carbocycles. The van der Waals surface area contributed by atoms with Crippen molar-refractivity contribution in [1.29, 1.82) is 0 Å². The number of para-hydroxylation sites is 1. The Balaban J connectivity index is 2.11. The number of hydrogen-bond donors (Lipinski definition) is 1. The van der Waals surface area contributed by atoms with Gasteiger partial charge in [-0.2, -0.15) is 0 Å². The van der Waals surface area contributed by atoms with Gasteiger partial charge in [0, 0.05) is 18.0 Å². The molecule has 0 amide bonds. The summed E-state index contributed by atoms with van der Waals surface area (Å²) in [5, 5.41) is 1.06. The van der Waals surface area contributed by atoms with Crippen LogP contribution < -0.4 is 10.5 Å². The van der Waals surface area contributed by atoms with Gasteiger partial charge in [-0.05, 0) is 18.6 Å². The number of pyridine rings is 1. The Kier molecular flexibility index (Phi) is 5.16. The zero-order valence-corrected chi connectivity index (χ0v) is 11.6. The molecule has 0 spiro atoms. The van der Waals surface area contributed by atoms with Crippen LogP contribution in [0.3, 0.4) is 0 Å². The molecule has 0 radical (unpaired) electrons. The smallest absolute Gasteiger partial charge is 0.130 e. The van der Waals surface area contributed by atoms with Crippen LogP contribution in [0.1, 0.15) is 38.3 Å². The molecule has 2 N–H and O–H groups in total. The Labute approximate surface area is 114 Å². The zero-order chi connectivity index (χ0) is 13.5. The third-order valence-electron chi connectivity index (χ3n) is 3.20. The summed E-state index contributed by atoms with van der Waals surface area (Å²) in [6.45, 7) is 3.42. The second-order valence-corrected chi connectivity index (χ2v) is 4.74. The van der Waals surface area contributed by atoms with E-state index < -0.39 is 0 Å². The number of fused-ring (bicyclic) bond motifs is 1. The minimum atomic E-state index is 0.441. The first-order chi connectivity index (χ1) is 9.35. The maximum atomic E-state index is 5.91. The SMILES string of the molecule is CCCCCCOc1cc(CN)nc2ccccc12. The highest BCUT2D eigenvalue weighted by Gasteiger charge is 2.05. The van der Waals surface area contributed by atoms with E-state index in [2.05, 4.69) is 11.9 Å². The molecular formula is C16H22N2O. The maximum absolute atomic E-state index is 5.91. The lowest BCUT2D eigenvalue weighted by Crippen LogP contribution is -2.03. The monoisotopic (exact) mass is 258 g/mol. The van der Waals surface area contributed by atoms with Gasteiger partial charge in [-0.3, -0.25) is 4.98 Å². The van der Waals surface area contributed by atoms with Crippen molar-refractivity contribution < 1.29 is 4.74 Å². The van der Waals surface area contributed by atoms with Gasteiger partial charge in [0.15, 0.2) is 0 Å². The Morgan fingerprint density at radius 3 is 2.79 bits per heavy atom. The largest absolute Gasteiger partial charge is 0.493 e. The fourth-order valence-electron chi connectivity index (χ4n) is 2.13. The maximum Gasteiger partial charge on any atom is 0.130 e. The van der Waals surface area contributed by atoms with Gasteiger partial charge in [-0.15, -0.1) is 0 Å². The van der Waals surface area contributed by atoms with Crippen molar-refractivity contribution >= 4 is 10.9 Å². The third-order valence-corrected chi connectivity index (χ3v) is 3.20. The van der Waals surface area contributed by atoms with E-state index in [0.717, 1.165) is 35.4 Å². The molecule has 0 bridgehead atoms. The van der Waals surface area contributed by atoms with Gasteiger partial charge >= 0.3 is 0 Å². The molecule has 19 heavy (non-hydrogen) atoms. The summed E-state index contributed by atoms with van der Waals surface area (Å²) in [5.41, 5.74) is 7.52. The fraction of sp³-hybridized carbons (Fsp3) is 0.438.